The highest BCUT2D eigenvalue weighted by Gasteiger charge is 2.15. The van der Waals surface area contributed by atoms with Crippen molar-refractivity contribution in [1.82, 2.24) is 5.32 Å². The molecule has 2 rings (SSSR count). The molecule has 0 radical (unpaired) electrons. The second-order valence-electron chi connectivity index (χ2n) is 5.14. The van der Waals surface area contributed by atoms with Crippen LogP contribution in [0.25, 0.3) is 0 Å². The number of rotatable bonds is 7. The van der Waals surface area contributed by atoms with E-state index in [2.05, 4.69) is 5.32 Å². The highest BCUT2D eigenvalue weighted by molar-refractivity contribution is 5.78. The highest BCUT2D eigenvalue weighted by Crippen LogP contribution is 2.29. The van der Waals surface area contributed by atoms with Gasteiger partial charge in [0.05, 0.1) is 20.3 Å². The van der Waals surface area contributed by atoms with E-state index in [0.717, 1.165) is 5.56 Å². The molecule has 24 heavy (non-hydrogen) atoms. The first-order valence-electron chi connectivity index (χ1n) is 7.43. The molecular weight excluding hydrogens is 313 g/mol. The molecule has 128 valence electrons. The first-order chi connectivity index (χ1) is 11.5. The molecule has 0 bridgehead atoms. The molecule has 0 aromatic heterocycles. The molecule has 0 unspecified atom stereocenters. The third kappa shape index (κ3) is 4.62. The summed E-state index contributed by atoms with van der Waals surface area (Å²) in [5.41, 5.74) is 0.798. The number of ether oxygens (including phenoxy) is 3. The number of nitrogens with one attached hydrogen (secondary N) is 1. The fraction of sp³-hybridized carbons (Fsp3) is 0.278. The van der Waals surface area contributed by atoms with Gasteiger partial charge in [0, 0.05) is 5.56 Å². The molecule has 0 saturated carbocycles. The van der Waals surface area contributed by atoms with E-state index >= 15 is 0 Å². The van der Waals surface area contributed by atoms with Crippen molar-refractivity contribution in [2.24, 2.45) is 0 Å². The Hall–Kier alpha value is -2.76. The first kappa shape index (κ1) is 17.6. The number of methoxy groups -OCH3 is 2. The summed E-state index contributed by atoms with van der Waals surface area (Å²) in [6, 6.07) is 10.6. The van der Waals surface area contributed by atoms with Crippen LogP contribution in [0.15, 0.2) is 42.5 Å². The van der Waals surface area contributed by atoms with Crippen LogP contribution in [0.1, 0.15) is 18.5 Å². The van der Waals surface area contributed by atoms with Crippen LogP contribution < -0.4 is 19.5 Å². The van der Waals surface area contributed by atoms with Gasteiger partial charge in [-0.3, -0.25) is 4.79 Å². The van der Waals surface area contributed by atoms with Gasteiger partial charge < -0.3 is 19.5 Å². The summed E-state index contributed by atoms with van der Waals surface area (Å²) < 4.78 is 28.7. The van der Waals surface area contributed by atoms with E-state index in [0.29, 0.717) is 17.2 Å². The lowest BCUT2D eigenvalue weighted by Crippen LogP contribution is -2.31. The Morgan fingerprint density at radius 2 is 1.75 bits per heavy atom. The fourth-order valence-corrected chi connectivity index (χ4v) is 2.22. The molecule has 6 heteroatoms. The van der Waals surface area contributed by atoms with Crippen LogP contribution in [-0.4, -0.2) is 26.7 Å². The maximum atomic E-state index is 12.8. The number of benzene rings is 2. The molecule has 0 aliphatic rings. The van der Waals surface area contributed by atoms with Gasteiger partial charge >= 0.3 is 0 Å². The van der Waals surface area contributed by atoms with Crippen molar-refractivity contribution in [1.29, 1.82) is 0 Å². The average molecular weight is 333 g/mol. The molecule has 5 nitrogen and oxygen atoms in total. The van der Waals surface area contributed by atoms with E-state index in [4.69, 9.17) is 14.2 Å². The number of hydrogen-bond acceptors (Lipinski definition) is 4. The number of carbonyl (C=O) groups excluding carboxylic acids is 1. The number of hydrogen-bond donors (Lipinski definition) is 1. The standard InChI is InChI=1S/C18H20FNO4/c1-12(16-10-15(22-2)8-9-17(16)23-3)20-18(21)11-24-14-6-4-13(19)5-7-14/h4-10,12H,11H2,1-3H3,(H,20,21)/t12-/m1/s1. The zero-order valence-corrected chi connectivity index (χ0v) is 13.8. The van der Waals surface area contributed by atoms with Gasteiger partial charge in [-0.1, -0.05) is 0 Å². The Bertz CT molecular complexity index is 688. The molecule has 0 saturated heterocycles. The first-order valence-corrected chi connectivity index (χ1v) is 7.43. The van der Waals surface area contributed by atoms with Crippen molar-refractivity contribution >= 4 is 5.91 Å². The van der Waals surface area contributed by atoms with Crippen molar-refractivity contribution in [3.05, 3.63) is 53.8 Å². The predicted molar refractivity (Wildman–Crippen MR) is 88.0 cm³/mol. The molecule has 2 aromatic carbocycles. The monoisotopic (exact) mass is 333 g/mol. The summed E-state index contributed by atoms with van der Waals surface area (Å²) >= 11 is 0. The van der Waals surface area contributed by atoms with Crippen LogP contribution >= 0.6 is 0 Å². The summed E-state index contributed by atoms with van der Waals surface area (Å²) in [6.07, 6.45) is 0. The summed E-state index contributed by atoms with van der Waals surface area (Å²) in [5, 5.41) is 2.83. The second kappa shape index (κ2) is 8.19. The molecule has 1 N–H and O–H groups in total. The lowest BCUT2D eigenvalue weighted by Gasteiger charge is -2.18. The molecule has 2 aromatic rings. The van der Waals surface area contributed by atoms with Crippen LogP contribution in [0.5, 0.6) is 17.2 Å². The lowest BCUT2D eigenvalue weighted by atomic mass is 10.1. The maximum absolute atomic E-state index is 12.8. The molecule has 1 atom stereocenters. The summed E-state index contributed by atoms with van der Waals surface area (Å²) in [7, 11) is 3.14. The summed E-state index contributed by atoms with van der Waals surface area (Å²) in [5.74, 6) is 1.11. The van der Waals surface area contributed by atoms with Gasteiger partial charge in [0.15, 0.2) is 6.61 Å². The molecule has 0 fully saturated rings. The van der Waals surface area contributed by atoms with E-state index in [1.807, 2.05) is 13.0 Å². The van der Waals surface area contributed by atoms with E-state index < -0.39 is 0 Å². The zero-order valence-electron chi connectivity index (χ0n) is 13.8. The minimum Gasteiger partial charge on any atom is -0.497 e. The SMILES string of the molecule is COc1ccc(OC)c([C@@H](C)NC(=O)COc2ccc(F)cc2)c1. The third-order valence-corrected chi connectivity index (χ3v) is 3.46. The van der Waals surface area contributed by atoms with Crippen molar-refractivity contribution in [2.45, 2.75) is 13.0 Å². The minimum absolute atomic E-state index is 0.164. The number of halogens is 1. The van der Waals surface area contributed by atoms with Crippen LogP contribution in [0, 0.1) is 5.82 Å². The smallest absolute Gasteiger partial charge is 0.258 e. The van der Waals surface area contributed by atoms with Crippen molar-refractivity contribution in [3.63, 3.8) is 0 Å². The Morgan fingerprint density at radius 1 is 1.08 bits per heavy atom. The van der Waals surface area contributed by atoms with Crippen LogP contribution in [0.4, 0.5) is 4.39 Å². The third-order valence-electron chi connectivity index (χ3n) is 3.46. The van der Waals surface area contributed by atoms with E-state index in [9.17, 15) is 9.18 Å². The molecule has 0 aliphatic heterocycles. The van der Waals surface area contributed by atoms with Gasteiger partial charge in [0.1, 0.15) is 23.1 Å². The Labute approximate surface area is 140 Å². The molecular formula is C18H20FNO4. The van der Waals surface area contributed by atoms with Crippen LogP contribution in [0.2, 0.25) is 0 Å². The van der Waals surface area contributed by atoms with E-state index in [1.165, 1.54) is 24.3 Å². The Kier molecular flexibility index (Phi) is 6.01. The normalized spacial score (nSPS) is 11.5. The van der Waals surface area contributed by atoms with Crippen LogP contribution in [-0.2, 0) is 4.79 Å². The highest BCUT2D eigenvalue weighted by atomic mass is 19.1. The topological polar surface area (TPSA) is 56.8 Å². The van der Waals surface area contributed by atoms with Gasteiger partial charge in [-0.25, -0.2) is 4.39 Å². The minimum atomic E-state index is -0.356. The quantitative estimate of drug-likeness (QED) is 0.846. The molecule has 0 spiro atoms. The molecule has 0 aliphatic carbocycles. The van der Waals surface area contributed by atoms with E-state index in [1.54, 1.807) is 26.4 Å². The molecule has 1 amide bonds. The molecule has 0 heterocycles. The lowest BCUT2D eigenvalue weighted by molar-refractivity contribution is -0.123. The Morgan fingerprint density at radius 3 is 2.38 bits per heavy atom. The van der Waals surface area contributed by atoms with Crippen molar-refractivity contribution in [3.8, 4) is 17.2 Å². The predicted octanol–water partition coefficient (Wildman–Crippen LogP) is 3.10. The largest absolute Gasteiger partial charge is 0.497 e. The van der Waals surface area contributed by atoms with Gasteiger partial charge in [-0.2, -0.15) is 0 Å². The van der Waals surface area contributed by atoms with Gasteiger partial charge in [-0.15, -0.1) is 0 Å². The zero-order chi connectivity index (χ0) is 17.5. The van der Waals surface area contributed by atoms with Gasteiger partial charge in [-0.05, 0) is 49.4 Å². The average Bonchev–Trinajstić information content (AvgIpc) is 2.60. The van der Waals surface area contributed by atoms with E-state index in [-0.39, 0.29) is 24.4 Å². The van der Waals surface area contributed by atoms with Crippen molar-refractivity contribution in [2.75, 3.05) is 20.8 Å². The maximum Gasteiger partial charge on any atom is 0.258 e. The number of carbonyl (C=O) groups is 1. The fourth-order valence-electron chi connectivity index (χ4n) is 2.22. The second-order valence-corrected chi connectivity index (χ2v) is 5.14. The van der Waals surface area contributed by atoms with Gasteiger partial charge in [0.2, 0.25) is 0 Å². The van der Waals surface area contributed by atoms with Gasteiger partial charge in [0.25, 0.3) is 5.91 Å². The summed E-state index contributed by atoms with van der Waals surface area (Å²) in [4.78, 5) is 12.0. The van der Waals surface area contributed by atoms with Crippen LogP contribution in [0.3, 0.4) is 0 Å². The van der Waals surface area contributed by atoms with Crippen molar-refractivity contribution < 1.29 is 23.4 Å². The summed E-state index contributed by atoms with van der Waals surface area (Å²) in [6.45, 7) is 1.68. The Balaban J connectivity index is 1.97. The number of amides is 1.